The third-order valence-corrected chi connectivity index (χ3v) is 3.69. The third kappa shape index (κ3) is 2.58. The van der Waals surface area contributed by atoms with Crippen LogP contribution < -0.4 is 0 Å². The highest BCUT2D eigenvalue weighted by Gasteiger charge is 2.10. The molecule has 2 heteroatoms. The van der Waals surface area contributed by atoms with Crippen LogP contribution in [0.5, 0.6) is 0 Å². The largest absolute Gasteiger partial charge is 0.0843 e. The van der Waals surface area contributed by atoms with Gasteiger partial charge in [0.05, 0.1) is 0 Å². The molecule has 3 aromatic rings. The molecule has 0 aliphatic carbocycles. The van der Waals surface area contributed by atoms with Gasteiger partial charge in [-0.25, -0.2) is 0 Å². The summed E-state index contributed by atoms with van der Waals surface area (Å²) in [6.45, 7) is 0. The molecule has 0 spiro atoms. The number of hydrogen-bond acceptors (Lipinski definition) is 0. The Balaban J connectivity index is 2.20. The maximum atomic E-state index is 6.33. The van der Waals surface area contributed by atoms with Crippen LogP contribution in [0.1, 0.15) is 0 Å². The van der Waals surface area contributed by atoms with Crippen molar-refractivity contribution in [3.63, 3.8) is 0 Å². The Kier molecular flexibility index (Phi) is 3.77. The molecule has 0 unspecified atom stereocenters. The van der Waals surface area contributed by atoms with Crippen LogP contribution in [0.3, 0.4) is 0 Å². The van der Waals surface area contributed by atoms with Gasteiger partial charge in [-0.15, -0.1) is 0 Å². The van der Waals surface area contributed by atoms with Gasteiger partial charge >= 0.3 is 0 Å². The topological polar surface area (TPSA) is 0 Å². The van der Waals surface area contributed by atoms with Crippen molar-refractivity contribution in [2.24, 2.45) is 0 Å². The minimum absolute atomic E-state index is 0.639. The van der Waals surface area contributed by atoms with Gasteiger partial charge in [-0.05, 0) is 34.9 Å². The van der Waals surface area contributed by atoms with Crippen LogP contribution in [-0.2, 0) is 0 Å². The van der Waals surface area contributed by atoms with Gasteiger partial charge in [-0.2, -0.15) is 0 Å². The molecule has 0 aliphatic heterocycles. The highest BCUT2D eigenvalue weighted by molar-refractivity contribution is 6.36. The zero-order valence-corrected chi connectivity index (χ0v) is 12.1. The smallest absolute Gasteiger partial charge is 0.0499 e. The van der Waals surface area contributed by atoms with Crippen molar-refractivity contribution in [1.82, 2.24) is 0 Å². The van der Waals surface area contributed by atoms with Crippen LogP contribution in [0.15, 0.2) is 66.7 Å². The van der Waals surface area contributed by atoms with E-state index in [0.717, 1.165) is 22.3 Å². The second kappa shape index (κ2) is 5.70. The average molecular weight is 298 g/mol. The van der Waals surface area contributed by atoms with E-state index >= 15 is 0 Å². The van der Waals surface area contributed by atoms with E-state index in [9.17, 15) is 0 Å². The summed E-state index contributed by atoms with van der Waals surface area (Å²) in [5.74, 6) is 0. The number of hydrogen-bond donors (Lipinski definition) is 0. The molecule has 0 aliphatic rings. The molecule has 0 heterocycles. The fourth-order valence-corrected chi connectivity index (χ4v) is 2.72. The first-order chi connectivity index (χ1) is 9.75. The van der Waals surface area contributed by atoms with E-state index in [0.29, 0.717) is 10.0 Å². The van der Waals surface area contributed by atoms with E-state index < -0.39 is 0 Å². The van der Waals surface area contributed by atoms with Gasteiger partial charge in [0, 0.05) is 15.6 Å². The standard InChI is InChI=1S/C18H11Cl2/c19-14-10-11-17(18(20)12-14)16-9-5-4-8-15(16)13-6-2-1-3-7-13/h1-7,9-12H. The second-order valence-electron chi connectivity index (χ2n) is 4.45. The second-order valence-corrected chi connectivity index (χ2v) is 5.29. The van der Waals surface area contributed by atoms with E-state index in [-0.39, 0.29) is 0 Å². The summed E-state index contributed by atoms with van der Waals surface area (Å²) >= 11 is 12.3. The summed E-state index contributed by atoms with van der Waals surface area (Å²) in [5.41, 5.74) is 4.18. The van der Waals surface area contributed by atoms with Crippen LogP contribution in [0, 0.1) is 6.07 Å². The lowest BCUT2D eigenvalue weighted by Crippen LogP contribution is -1.86. The Morgan fingerprint density at radius 3 is 2.30 bits per heavy atom. The normalized spacial score (nSPS) is 10.5. The molecule has 3 rings (SSSR count). The predicted molar refractivity (Wildman–Crippen MR) is 86.2 cm³/mol. The quantitative estimate of drug-likeness (QED) is 0.534. The van der Waals surface area contributed by atoms with Crippen molar-refractivity contribution in [3.05, 3.63) is 82.8 Å². The lowest BCUT2D eigenvalue weighted by atomic mass is 9.95. The molecule has 0 atom stereocenters. The van der Waals surface area contributed by atoms with Gasteiger partial charge in [0.25, 0.3) is 0 Å². The summed E-state index contributed by atoms with van der Waals surface area (Å²) in [6, 6.07) is 25.0. The summed E-state index contributed by atoms with van der Waals surface area (Å²) < 4.78 is 0. The van der Waals surface area contributed by atoms with Gasteiger partial charge in [0.15, 0.2) is 0 Å². The first kappa shape index (κ1) is 13.2. The highest BCUT2D eigenvalue weighted by Crippen LogP contribution is 2.36. The monoisotopic (exact) mass is 297 g/mol. The van der Waals surface area contributed by atoms with Crippen LogP contribution >= 0.6 is 23.2 Å². The van der Waals surface area contributed by atoms with E-state index in [2.05, 4.69) is 18.2 Å². The minimum Gasteiger partial charge on any atom is -0.0843 e. The van der Waals surface area contributed by atoms with Gasteiger partial charge < -0.3 is 0 Å². The van der Waals surface area contributed by atoms with Crippen molar-refractivity contribution >= 4 is 23.2 Å². The zero-order valence-electron chi connectivity index (χ0n) is 10.6. The van der Waals surface area contributed by atoms with Crippen LogP contribution in [0.25, 0.3) is 22.3 Å². The number of rotatable bonds is 2. The fourth-order valence-electron chi connectivity index (χ4n) is 2.21. The molecular formula is C18H11Cl2. The maximum Gasteiger partial charge on any atom is 0.0499 e. The first-order valence-corrected chi connectivity index (χ1v) is 7.03. The third-order valence-electron chi connectivity index (χ3n) is 3.14. The molecule has 0 fully saturated rings. The molecule has 0 N–H and O–H groups in total. The molecule has 0 saturated carbocycles. The van der Waals surface area contributed by atoms with Crippen LogP contribution in [0.2, 0.25) is 10.0 Å². The van der Waals surface area contributed by atoms with Crippen molar-refractivity contribution < 1.29 is 0 Å². The van der Waals surface area contributed by atoms with Gasteiger partial charge in [0.1, 0.15) is 0 Å². The Morgan fingerprint density at radius 2 is 1.55 bits per heavy atom. The summed E-state index contributed by atoms with van der Waals surface area (Å²) in [7, 11) is 0. The molecule has 1 radical (unpaired) electrons. The molecule has 0 aromatic heterocycles. The molecule has 20 heavy (non-hydrogen) atoms. The molecule has 0 bridgehead atoms. The molecule has 97 valence electrons. The summed E-state index contributed by atoms with van der Waals surface area (Å²) in [5, 5.41) is 1.29. The predicted octanol–water partition coefficient (Wildman–Crippen LogP) is 6.13. The van der Waals surface area contributed by atoms with Crippen LogP contribution in [-0.4, -0.2) is 0 Å². The molecule has 3 aromatic carbocycles. The average Bonchev–Trinajstić information content (AvgIpc) is 2.48. The van der Waals surface area contributed by atoms with E-state index in [4.69, 9.17) is 23.2 Å². The van der Waals surface area contributed by atoms with Gasteiger partial charge in [-0.3, -0.25) is 0 Å². The highest BCUT2D eigenvalue weighted by atomic mass is 35.5. The number of benzene rings is 3. The number of halogens is 2. The maximum absolute atomic E-state index is 6.33. The summed E-state index contributed by atoms with van der Waals surface area (Å²) in [6.07, 6.45) is 0. The lowest BCUT2D eigenvalue weighted by molar-refractivity contribution is 1.57. The van der Waals surface area contributed by atoms with E-state index in [1.807, 2.05) is 48.5 Å². The van der Waals surface area contributed by atoms with E-state index in [1.54, 1.807) is 6.07 Å². The minimum atomic E-state index is 0.639. The SMILES string of the molecule is Clc1ccc(-c2ccc[c]c2-c2ccccc2)c(Cl)c1. The van der Waals surface area contributed by atoms with Crippen LogP contribution in [0.4, 0.5) is 0 Å². The lowest BCUT2D eigenvalue weighted by Gasteiger charge is -2.11. The molecule has 0 amide bonds. The van der Waals surface area contributed by atoms with E-state index in [1.165, 1.54) is 0 Å². The Labute approximate surface area is 128 Å². The van der Waals surface area contributed by atoms with Crippen molar-refractivity contribution in [1.29, 1.82) is 0 Å². The van der Waals surface area contributed by atoms with Crippen molar-refractivity contribution in [2.45, 2.75) is 0 Å². The Hall–Kier alpha value is -1.76. The van der Waals surface area contributed by atoms with Gasteiger partial charge in [-0.1, -0.05) is 77.8 Å². The Bertz CT molecular complexity index is 733. The Morgan fingerprint density at radius 1 is 0.750 bits per heavy atom. The summed E-state index contributed by atoms with van der Waals surface area (Å²) in [4.78, 5) is 0. The fraction of sp³-hybridized carbons (Fsp3) is 0. The molecular weight excluding hydrogens is 287 g/mol. The van der Waals surface area contributed by atoms with Gasteiger partial charge in [0.2, 0.25) is 0 Å². The first-order valence-electron chi connectivity index (χ1n) is 6.27. The molecule has 0 nitrogen and oxygen atoms in total. The van der Waals surface area contributed by atoms with Crippen molar-refractivity contribution in [2.75, 3.05) is 0 Å². The van der Waals surface area contributed by atoms with Crippen molar-refractivity contribution in [3.8, 4) is 22.3 Å². The zero-order chi connectivity index (χ0) is 13.9. The molecule has 0 saturated heterocycles.